The summed E-state index contributed by atoms with van der Waals surface area (Å²) in [6.45, 7) is 4.61. The van der Waals surface area contributed by atoms with Crippen LogP contribution < -0.4 is 0 Å². The van der Waals surface area contributed by atoms with Crippen LogP contribution in [0.15, 0.2) is 0 Å². The van der Waals surface area contributed by atoms with E-state index in [-0.39, 0.29) is 26.4 Å². The normalized spacial score (nSPS) is 14.6. The van der Waals surface area contributed by atoms with E-state index < -0.39 is 55.1 Å². The van der Waals surface area contributed by atoms with E-state index in [4.69, 9.17) is 29.2 Å². The number of aliphatic hydroxyl groups excluding tert-OH is 2. The molecule has 12 heteroatoms. The molecule has 0 heterocycles. The second kappa shape index (κ2) is 14.4. The largest absolute Gasteiger partial charge is 0.508 e. The van der Waals surface area contributed by atoms with Gasteiger partial charge in [0.25, 0.3) is 0 Å². The van der Waals surface area contributed by atoms with Gasteiger partial charge in [0.15, 0.2) is 0 Å². The highest BCUT2D eigenvalue weighted by molar-refractivity contribution is 5.91. The van der Waals surface area contributed by atoms with Gasteiger partial charge in [-0.3, -0.25) is 9.59 Å². The van der Waals surface area contributed by atoms with Crippen LogP contribution in [0.25, 0.3) is 0 Å². The Balaban J connectivity index is 3.97. The molecule has 0 spiro atoms. The lowest BCUT2D eigenvalue weighted by molar-refractivity contribution is -0.158. The zero-order chi connectivity index (χ0) is 22.4. The van der Waals surface area contributed by atoms with Crippen molar-refractivity contribution in [3.63, 3.8) is 0 Å². The first-order valence-electron chi connectivity index (χ1n) is 8.83. The van der Waals surface area contributed by atoms with Gasteiger partial charge in [-0.2, -0.15) is 0 Å². The van der Waals surface area contributed by atoms with Gasteiger partial charge in [0.05, 0.1) is 12.2 Å². The van der Waals surface area contributed by atoms with Crippen molar-refractivity contribution in [1.82, 2.24) is 0 Å². The fourth-order valence-corrected chi connectivity index (χ4v) is 1.48. The van der Waals surface area contributed by atoms with E-state index in [9.17, 15) is 19.2 Å². The number of rotatable bonds is 12. The summed E-state index contributed by atoms with van der Waals surface area (Å²) < 4.78 is 28.2. The van der Waals surface area contributed by atoms with Crippen LogP contribution in [0.1, 0.15) is 34.1 Å². The number of hydrogen-bond donors (Lipinski definition) is 2. The number of ether oxygens (including phenoxy) is 6. The first kappa shape index (κ1) is 26.4. The molecule has 12 nitrogen and oxygen atoms in total. The minimum absolute atomic E-state index is 0.238. The highest BCUT2D eigenvalue weighted by atomic mass is 16.7. The van der Waals surface area contributed by atoms with Crippen molar-refractivity contribution in [3.8, 4) is 0 Å². The molecule has 0 rings (SSSR count). The van der Waals surface area contributed by atoms with Crippen molar-refractivity contribution >= 4 is 24.2 Å². The van der Waals surface area contributed by atoms with Gasteiger partial charge < -0.3 is 38.6 Å². The van der Waals surface area contributed by atoms with Gasteiger partial charge in [-0.05, 0) is 27.7 Å². The lowest BCUT2D eigenvalue weighted by Gasteiger charge is -2.15. The van der Waals surface area contributed by atoms with Crippen LogP contribution in [0.4, 0.5) is 9.59 Å². The van der Waals surface area contributed by atoms with Crippen LogP contribution >= 0.6 is 0 Å². The summed E-state index contributed by atoms with van der Waals surface area (Å²) in [5.41, 5.74) is 0. The minimum atomic E-state index is -1.03. The zero-order valence-corrected chi connectivity index (χ0v) is 16.8. The Kier molecular flexibility index (Phi) is 13.1. The van der Waals surface area contributed by atoms with Crippen molar-refractivity contribution < 1.29 is 57.8 Å². The molecule has 0 aromatic carbocycles. The average Bonchev–Trinajstić information content (AvgIpc) is 2.61. The molecule has 4 unspecified atom stereocenters. The maximum Gasteiger partial charge on any atom is 0.508 e. The number of carbonyl (C=O) groups is 4. The van der Waals surface area contributed by atoms with Crippen molar-refractivity contribution in [3.05, 3.63) is 0 Å². The quantitative estimate of drug-likeness (QED) is 0.251. The summed E-state index contributed by atoms with van der Waals surface area (Å²) in [5, 5.41) is 17.9. The lowest BCUT2D eigenvalue weighted by Crippen LogP contribution is -2.27. The second-order valence-electron chi connectivity index (χ2n) is 6.22. The van der Waals surface area contributed by atoms with Crippen molar-refractivity contribution in [2.24, 2.45) is 0 Å². The van der Waals surface area contributed by atoms with Crippen LogP contribution in [-0.2, 0) is 38.0 Å². The fourth-order valence-electron chi connectivity index (χ4n) is 1.48. The molecule has 0 aliphatic rings. The predicted octanol–water partition coefficient (Wildman–Crippen LogP) is 0.308. The van der Waals surface area contributed by atoms with Crippen LogP contribution in [0.5, 0.6) is 0 Å². The van der Waals surface area contributed by atoms with Crippen molar-refractivity contribution in [1.29, 1.82) is 0 Å². The number of esters is 2. The Hall–Kier alpha value is -2.60. The SMILES string of the molecule is CC(O)COC(=O)OC(C)COC(=O)CC(=O)OCC(C)OC(=O)OCC(C)O. The van der Waals surface area contributed by atoms with Gasteiger partial charge in [0, 0.05) is 0 Å². The van der Waals surface area contributed by atoms with Gasteiger partial charge in [0.1, 0.15) is 45.1 Å². The number of aliphatic hydroxyl groups is 2. The monoisotopic (exact) mass is 424 g/mol. The summed E-state index contributed by atoms with van der Waals surface area (Å²) in [6, 6.07) is 0. The van der Waals surface area contributed by atoms with E-state index in [2.05, 4.69) is 9.47 Å². The molecule has 0 saturated heterocycles. The topological polar surface area (TPSA) is 164 Å². The Morgan fingerprint density at radius 2 is 0.966 bits per heavy atom. The Labute approximate surface area is 167 Å². The first-order chi connectivity index (χ1) is 13.5. The van der Waals surface area contributed by atoms with Gasteiger partial charge in [-0.1, -0.05) is 0 Å². The standard InChI is InChI=1S/C17H28O12/c1-10(18)6-26-16(22)28-12(3)8-24-14(20)5-15(21)25-9-13(4)29-17(23)27-7-11(2)19/h10-13,18-19H,5-9H2,1-4H3. The van der Waals surface area contributed by atoms with Gasteiger partial charge >= 0.3 is 24.2 Å². The molecule has 2 N–H and O–H groups in total. The Morgan fingerprint density at radius 1 is 0.621 bits per heavy atom. The molecule has 168 valence electrons. The molecule has 0 bridgehead atoms. The maximum atomic E-state index is 11.6. The van der Waals surface area contributed by atoms with Crippen LogP contribution in [0.2, 0.25) is 0 Å². The summed E-state index contributed by atoms with van der Waals surface area (Å²) in [7, 11) is 0. The highest BCUT2D eigenvalue weighted by Gasteiger charge is 2.18. The van der Waals surface area contributed by atoms with E-state index in [1.807, 2.05) is 0 Å². The van der Waals surface area contributed by atoms with Crippen LogP contribution in [0, 0.1) is 0 Å². The van der Waals surface area contributed by atoms with E-state index in [1.165, 1.54) is 27.7 Å². The molecule has 0 fully saturated rings. The number of carbonyl (C=O) groups excluding carboxylic acids is 4. The third kappa shape index (κ3) is 16.1. The van der Waals surface area contributed by atoms with Gasteiger partial charge in [0.2, 0.25) is 0 Å². The fraction of sp³-hybridized carbons (Fsp3) is 0.765. The first-order valence-corrected chi connectivity index (χ1v) is 8.83. The van der Waals surface area contributed by atoms with E-state index in [0.717, 1.165) is 0 Å². The highest BCUT2D eigenvalue weighted by Crippen LogP contribution is 2.01. The molecule has 0 aromatic rings. The third-order valence-electron chi connectivity index (χ3n) is 2.73. The van der Waals surface area contributed by atoms with Gasteiger partial charge in [-0.25, -0.2) is 9.59 Å². The zero-order valence-electron chi connectivity index (χ0n) is 16.8. The second-order valence-corrected chi connectivity index (χ2v) is 6.22. The molecule has 0 aliphatic carbocycles. The minimum Gasteiger partial charge on any atom is -0.461 e. The number of hydrogen-bond acceptors (Lipinski definition) is 12. The molecular weight excluding hydrogens is 396 g/mol. The summed E-state index contributed by atoms with van der Waals surface area (Å²) in [4.78, 5) is 45.7. The molecule has 0 radical (unpaired) electrons. The molecule has 29 heavy (non-hydrogen) atoms. The van der Waals surface area contributed by atoms with Gasteiger partial charge in [-0.15, -0.1) is 0 Å². The summed E-state index contributed by atoms with van der Waals surface area (Å²) >= 11 is 0. The van der Waals surface area contributed by atoms with Crippen molar-refractivity contribution in [2.45, 2.75) is 58.5 Å². The van der Waals surface area contributed by atoms with E-state index in [1.54, 1.807) is 0 Å². The predicted molar refractivity (Wildman–Crippen MR) is 93.7 cm³/mol. The maximum absolute atomic E-state index is 11.6. The molecule has 0 saturated carbocycles. The molecular formula is C17H28O12. The van der Waals surface area contributed by atoms with Crippen molar-refractivity contribution in [2.75, 3.05) is 26.4 Å². The van der Waals surface area contributed by atoms with Crippen LogP contribution in [0.3, 0.4) is 0 Å². The Bertz CT molecular complexity index is 485. The van der Waals surface area contributed by atoms with E-state index in [0.29, 0.717) is 0 Å². The van der Waals surface area contributed by atoms with E-state index >= 15 is 0 Å². The Morgan fingerprint density at radius 3 is 1.28 bits per heavy atom. The molecule has 0 amide bonds. The van der Waals surface area contributed by atoms with Crippen LogP contribution in [-0.4, -0.2) is 85.3 Å². The smallest absolute Gasteiger partial charge is 0.461 e. The lowest BCUT2D eigenvalue weighted by atomic mass is 10.4. The molecule has 0 aromatic heterocycles. The summed E-state index contributed by atoms with van der Waals surface area (Å²) in [6.07, 6.45) is -6.12. The molecule has 4 atom stereocenters. The molecule has 0 aliphatic heterocycles. The third-order valence-corrected chi connectivity index (χ3v) is 2.73. The average molecular weight is 424 g/mol. The summed E-state index contributed by atoms with van der Waals surface area (Å²) in [5.74, 6) is -1.82.